The van der Waals surface area contributed by atoms with Crippen LogP contribution in [0.2, 0.25) is 0 Å². The van der Waals surface area contributed by atoms with Crippen molar-refractivity contribution >= 4 is 17.7 Å². The maximum absolute atomic E-state index is 11.3. The van der Waals surface area contributed by atoms with Gasteiger partial charge in [-0.1, -0.05) is 0 Å². The molecule has 0 aromatic carbocycles. The summed E-state index contributed by atoms with van der Waals surface area (Å²) in [6.07, 6.45) is 1.70. The molecule has 2 rings (SSSR count). The van der Waals surface area contributed by atoms with Gasteiger partial charge in [-0.15, -0.1) is 5.10 Å². The van der Waals surface area contributed by atoms with Crippen LogP contribution in [0.5, 0.6) is 0 Å². The minimum absolute atomic E-state index is 0.126. The maximum atomic E-state index is 11.3. The van der Waals surface area contributed by atoms with Crippen LogP contribution in [0, 0.1) is 0 Å². The van der Waals surface area contributed by atoms with Gasteiger partial charge in [0.25, 0.3) is 0 Å². The molecule has 7 nitrogen and oxygen atoms in total. The van der Waals surface area contributed by atoms with Crippen molar-refractivity contribution in [3.8, 4) is 0 Å². The molecule has 0 spiro atoms. The number of anilines is 2. The minimum atomic E-state index is 0.126. The first-order valence-electron chi connectivity index (χ1n) is 7.10. The summed E-state index contributed by atoms with van der Waals surface area (Å²) in [6.45, 7) is 10.5. The second kappa shape index (κ2) is 6.49. The lowest BCUT2D eigenvalue weighted by Crippen LogP contribution is -2.48. The Morgan fingerprint density at radius 3 is 2.45 bits per heavy atom. The van der Waals surface area contributed by atoms with Crippen LogP contribution in [0.15, 0.2) is 6.20 Å². The summed E-state index contributed by atoms with van der Waals surface area (Å²) in [5.74, 6) is 1.63. The summed E-state index contributed by atoms with van der Waals surface area (Å²) >= 11 is 0. The van der Waals surface area contributed by atoms with Crippen LogP contribution in [0.3, 0.4) is 0 Å². The molecule has 1 fully saturated rings. The van der Waals surface area contributed by atoms with Gasteiger partial charge in [-0.2, -0.15) is 10.1 Å². The summed E-state index contributed by atoms with van der Waals surface area (Å²) in [5, 5.41) is 8.17. The van der Waals surface area contributed by atoms with E-state index < -0.39 is 0 Å². The Morgan fingerprint density at radius 2 is 1.90 bits per heavy atom. The van der Waals surface area contributed by atoms with Gasteiger partial charge in [-0.05, 0) is 13.8 Å². The Hall–Kier alpha value is -1.92. The van der Waals surface area contributed by atoms with Crippen molar-refractivity contribution in [1.29, 1.82) is 0 Å². The number of carbonyl (C=O) groups excluding carboxylic acids is 1. The summed E-state index contributed by atoms with van der Waals surface area (Å²) in [6, 6.07) is 0. The van der Waals surface area contributed by atoms with Gasteiger partial charge >= 0.3 is 0 Å². The Bertz CT molecular complexity index is 454. The third-order valence-corrected chi connectivity index (χ3v) is 3.63. The molecule has 0 N–H and O–H groups in total. The van der Waals surface area contributed by atoms with Crippen molar-refractivity contribution in [2.24, 2.45) is 0 Å². The predicted molar refractivity (Wildman–Crippen MR) is 77.9 cm³/mol. The number of carbonyl (C=O) groups is 1. The molecular weight excluding hydrogens is 256 g/mol. The maximum Gasteiger partial charge on any atom is 0.247 e. The number of hydrogen-bond donors (Lipinski definition) is 0. The van der Waals surface area contributed by atoms with E-state index >= 15 is 0 Å². The highest BCUT2D eigenvalue weighted by Gasteiger charge is 2.21. The first kappa shape index (κ1) is 14.5. The van der Waals surface area contributed by atoms with Crippen LogP contribution in [0.25, 0.3) is 0 Å². The molecule has 1 aromatic heterocycles. The molecule has 1 aliphatic heterocycles. The molecule has 0 bridgehead atoms. The second-order valence-corrected chi connectivity index (χ2v) is 4.78. The van der Waals surface area contributed by atoms with Crippen molar-refractivity contribution in [3.63, 3.8) is 0 Å². The van der Waals surface area contributed by atoms with Gasteiger partial charge in [-0.25, -0.2) is 0 Å². The van der Waals surface area contributed by atoms with Crippen LogP contribution in [-0.2, 0) is 4.79 Å². The first-order valence-corrected chi connectivity index (χ1v) is 7.10. The molecule has 0 atom stereocenters. The van der Waals surface area contributed by atoms with E-state index in [0.29, 0.717) is 19.0 Å². The average Bonchev–Trinajstić information content (AvgIpc) is 2.49. The third-order valence-electron chi connectivity index (χ3n) is 3.63. The molecule has 0 aliphatic carbocycles. The van der Waals surface area contributed by atoms with Crippen LogP contribution < -0.4 is 9.80 Å². The number of nitrogens with zero attached hydrogens (tertiary/aromatic N) is 6. The van der Waals surface area contributed by atoms with Gasteiger partial charge in [0.15, 0.2) is 5.82 Å². The zero-order chi connectivity index (χ0) is 14.5. The summed E-state index contributed by atoms with van der Waals surface area (Å²) in [5.41, 5.74) is 0. The number of piperazine rings is 1. The van der Waals surface area contributed by atoms with Crippen molar-refractivity contribution in [3.05, 3.63) is 6.20 Å². The summed E-state index contributed by atoms with van der Waals surface area (Å²) in [7, 11) is 0. The monoisotopic (exact) mass is 278 g/mol. The smallest absolute Gasteiger partial charge is 0.247 e. The van der Waals surface area contributed by atoms with Gasteiger partial charge in [0.2, 0.25) is 11.9 Å². The predicted octanol–water partition coefficient (Wildman–Crippen LogP) is 0.386. The number of aromatic nitrogens is 3. The van der Waals surface area contributed by atoms with Gasteiger partial charge in [0.05, 0.1) is 6.20 Å². The molecule has 0 unspecified atom stereocenters. The number of amides is 1. The number of rotatable bonds is 4. The quantitative estimate of drug-likeness (QED) is 0.793. The zero-order valence-electron chi connectivity index (χ0n) is 12.4. The minimum Gasteiger partial charge on any atom is -0.356 e. The number of hydrogen-bond acceptors (Lipinski definition) is 6. The summed E-state index contributed by atoms with van der Waals surface area (Å²) in [4.78, 5) is 22.0. The molecule has 2 heterocycles. The van der Waals surface area contributed by atoms with E-state index in [2.05, 4.69) is 38.8 Å². The fourth-order valence-electron chi connectivity index (χ4n) is 2.34. The molecule has 7 heteroatoms. The molecular formula is C13H22N6O. The molecule has 1 aromatic rings. The zero-order valence-corrected chi connectivity index (χ0v) is 12.4. The van der Waals surface area contributed by atoms with Gasteiger partial charge < -0.3 is 14.7 Å². The lowest BCUT2D eigenvalue weighted by atomic mass is 10.3. The Balaban J connectivity index is 2.07. The van der Waals surface area contributed by atoms with Crippen LogP contribution in [0.4, 0.5) is 11.8 Å². The third kappa shape index (κ3) is 3.15. The van der Waals surface area contributed by atoms with E-state index in [9.17, 15) is 4.79 Å². The highest BCUT2D eigenvalue weighted by atomic mass is 16.2. The van der Waals surface area contributed by atoms with E-state index in [4.69, 9.17) is 0 Å². The fourth-order valence-corrected chi connectivity index (χ4v) is 2.34. The topological polar surface area (TPSA) is 65.5 Å². The van der Waals surface area contributed by atoms with E-state index in [-0.39, 0.29) is 5.91 Å². The lowest BCUT2D eigenvalue weighted by molar-refractivity contribution is -0.129. The van der Waals surface area contributed by atoms with Crippen molar-refractivity contribution in [2.45, 2.75) is 20.8 Å². The first-order chi connectivity index (χ1) is 9.65. The summed E-state index contributed by atoms with van der Waals surface area (Å²) < 4.78 is 0. The molecule has 1 amide bonds. The second-order valence-electron chi connectivity index (χ2n) is 4.78. The normalized spacial score (nSPS) is 15.3. The Labute approximate surface area is 119 Å². The molecule has 110 valence electrons. The van der Waals surface area contributed by atoms with E-state index in [1.54, 1.807) is 13.1 Å². The standard InChI is InChI=1S/C13H22N6O/c1-4-17(5-2)12-10-14-16-13(15-12)19-8-6-18(7-9-19)11(3)20/h10H,4-9H2,1-3H3. The van der Waals surface area contributed by atoms with Crippen molar-refractivity contribution in [1.82, 2.24) is 20.1 Å². The SMILES string of the molecule is CCN(CC)c1cnnc(N2CCN(C(C)=O)CC2)n1. The van der Waals surface area contributed by atoms with Gasteiger partial charge in [0, 0.05) is 46.2 Å². The van der Waals surface area contributed by atoms with Crippen LogP contribution in [-0.4, -0.2) is 65.3 Å². The highest BCUT2D eigenvalue weighted by Crippen LogP contribution is 2.15. The fraction of sp³-hybridized carbons (Fsp3) is 0.692. The highest BCUT2D eigenvalue weighted by molar-refractivity contribution is 5.73. The Kier molecular flexibility index (Phi) is 4.70. The van der Waals surface area contributed by atoms with Crippen molar-refractivity contribution in [2.75, 3.05) is 49.1 Å². The van der Waals surface area contributed by atoms with Gasteiger partial charge in [0.1, 0.15) is 0 Å². The van der Waals surface area contributed by atoms with E-state index in [0.717, 1.165) is 32.0 Å². The van der Waals surface area contributed by atoms with Crippen LogP contribution >= 0.6 is 0 Å². The van der Waals surface area contributed by atoms with E-state index in [1.165, 1.54) is 0 Å². The van der Waals surface area contributed by atoms with E-state index in [1.807, 2.05) is 4.90 Å². The van der Waals surface area contributed by atoms with Gasteiger partial charge in [-0.3, -0.25) is 4.79 Å². The molecule has 20 heavy (non-hydrogen) atoms. The largest absolute Gasteiger partial charge is 0.356 e. The Morgan fingerprint density at radius 1 is 1.25 bits per heavy atom. The van der Waals surface area contributed by atoms with Crippen LogP contribution in [0.1, 0.15) is 20.8 Å². The molecule has 1 aliphatic rings. The average molecular weight is 278 g/mol. The molecule has 1 saturated heterocycles. The molecule has 0 radical (unpaired) electrons. The lowest BCUT2D eigenvalue weighted by Gasteiger charge is -2.34. The van der Waals surface area contributed by atoms with Crippen molar-refractivity contribution < 1.29 is 4.79 Å². The molecule has 0 saturated carbocycles.